The minimum Gasteiger partial charge on any atom is -0.508 e. The Labute approximate surface area is 140 Å². The number of carbonyl (C=O) groups is 1. The van der Waals surface area contributed by atoms with Crippen LogP contribution < -0.4 is 0 Å². The third-order valence-electron chi connectivity index (χ3n) is 4.75. The van der Waals surface area contributed by atoms with Gasteiger partial charge in [0.15, 0.2) is 0 Å². The van der Waals surface area contributed by atoms with Gasteiger partial charge in [0.1, 0.15) is 11.6 Å². The number of nitrogens with zero attached hydrogens (tertiary/aromatic N) is 3. The highest BCUT2D eigenvalue weighted by Crippen LogP contribution is 2.33. The fourth-order valence-electron chi connectivity index (χ4n) is 3.46. The van der Waals surface area contributed by atoms with E-state index in [0.717, 1.165) is 36.3 Å². The van der Waals surface area contributed by atoms with Gasteiger partial charge in [-0.25, -0.2) is 4.98 Å². The molecule has 0 aliphatic carbocycles. The molecule has 2 aromatic heterocycles. The lowest BCUT2D eigenvalue weighted by Crippen LogP contribution is -2.30. The van der Waals surface area contributed by atoms with Crippen molar-refractivity contribution < 1.29 is 9.90 Å². The zero-order valence-corrected chi connectivity index (χ0v) is 13.5. The molecular formula is C19H19N3O2. The predicted octanol–water partition coefficient (Wildman–Crippen LogP) is 3.33. The molecule has 3 heterocycles. The van der Waals surface area contributed by atoms with Gasteiger partial charge in [0.05, 0.1) is 23.3 Å². The maximum absolute atomic E-state index is 13.0. The molecule has 1 N–H and O–H groups in total. The van der Waals surface area contributed by atoms with Gasteiger partial charge in [0, 0.05) is 12.7 Å². The lowest BCUT2D eigenvalue weighted by molar-refractivity contribution is 0.0735. The monoisotopic (exact) mass is 321 g/mol. The average Bonchev–Trinajstić information content (AvgIpc) is 3.22. The first kappa shape index (κ1) is 14.8. The molecule has 1 atom stereocenters. The summed E-state index contributed by atoms with van der Waals surface area (Å²) >= 11 is 0. The van der Waals surface area contributed by atoms with Crippen molar-refractivity contribution in [1.29, 1.82) is 0 Å². The molecule has 1 aromatic carbocycles. The van der Waals surface area contributed by atoms with E-state index < -0.39 is 0 Å². The first-order chi connectivity index (χ1) is 11.6. The van der Waals surface area contributed by atoms with Crippen LogP contribution in [-0.4, -0.2) is 31.8 Å². The molecule has 5 nitrogen and oxygen atoms in total. The van der Waals surface area contributed by atoms with Crippen LogP contribution in [0.25, 0.3) is 5.52 Å². The summed E-state index contributed by atoms with van der Waals surface area (Å²) in [5, 5.41) is 9.47. The van der Waals surface area contributed by atoms with E-state index in [1.165, 1.54) is 0 Å². The number of carbonyl (C=O) groups excluding carboxylic acids is 1. The van der Waals surface area contributed by atoms with E-state index in [1.54, 1.807) is 18.3 Å². The molecule has 24 heavy (non-hydrogen) atoms. The second-order valence-electron chi connectivity index (χ2n) is 6.27. The van der Waals surface area contributed by atoms with Gasteiger partial charge in [0.25, 0.3) is 5.91 Å². The molecule has 1 fully saturated rings. The number of phenols is 1. The van der Waals surface area contributed by atoms with Crippen molar-refractivity contribution in [2.75, 3.05) is 6.54 Å². The summed E-state index contributed by atoms with van der Waals surface area (Å²) < 4.78 is 1.94. The Bertz CT molecular complexity index is 899. The van der Waals surface area contributed by atoms with Gasteiger partial charge >= 0.3 is 0 Å². The molecule has 1 saturated heterocycles. The average molecular weight is 321 g/mol. The number of rotatable bonds is 2. The maximum atomic E-state index is 13.0. The van der Waals surface area contributed by atoms with Gasteiger partial charge in [-0.05, 0) is 49.6 Å². The normalized spacial score (nSPS) is 17.5. The molecule has 0 bridgehead atoms. The van der Waals surface area contributed by atoms with Gasteiger partial charge in [-0.1, -0.05) is 12.1 Å². The Kier molecular flexibility index (Phi) is 3.49. The number of aryl methyl sites for hydroxylation is 1. The third kappa shape index (κ3) is 2.42. The zero-order valence-electron chi connectivity index (χ0n) is 13.5. The second kappa shape index (κ2) is 5.67. The predicted molar refractivity (Wildman–Crippen MR) is 91.0 cm³/mol. The number of benzene rings is 1. The first-order valence-electron chi connectivity index (χ1n) is 8.17. The van der Waals surface area contributed by atoms with Crippen molar-refractivity contribution in [2.45, 2.75) is 25.8 Å². The molecular weight excluding hydrogens is 302 g/mol. The number of hydrogen-bond acceptors (Lipinski definition) is 3. The van der Waals surface area contributed by atoms with Crippen LogP contribution in [0.4, 0.5) is 0 Å². The lowest BCUT2D eigenvalue weighted by atomic mass is 10.0. The van der Waals surface area contributed by atoms with Gasteiger partial charge in [0.2, 0.25) is 0 Å². The Morgan fingerprint density at radius 3 is 2.79 bits per heavy atom. The Morgan fingerprint density at radius 2 is 2.00 bits per heavy atom. The van der Waals surface area contributed by atoms with Gasteiger partial charge < -0.3 is 14.4 Å². The van der Waals surface area contributed by atoms with Crippen molar-refractivity contribution in [1.82, 2.24) is 14.3 Å². The molecule has 1 amide bonds. The number of hydrogen-bond donors (Lipinski definition) is 1. The van der Waals surface area contributed by atoms with E-state index in [0.29, 0.717) is 5.56 Å². The Hall–Kier alpha value is -2.82. The Balaban J connectivity index is 1.66. The zero-order chi connectivity index (χ0) is 16.7. The largest absolute Gasteiger partial charge is 0.508 e. The lowest BCUT2D eigenvalue weighted by Gasteiger charge is -2.25. The number of aromatic nitrogens is 2. The van der Waals surface area contributed by atoms with Crippen LogP contribution in [0.2, 0.25) is 0 Å². The second-order valence-corrected chi connectivity index (χ2v) is 6.27. The summed E-state index contributed by atoms with van der Waals surface area (Å²) in [6.45, 7) is 2.68. The van der Waals surface area contributed by atoms with Crippen LogP contribution in [0.3, 0.4) is 0 Å². The van der Waals surface area contributed by atoms with Gasteiger partial charge in [-0.15, -0.1) is 0 Å². The van der Waals surface area contributed by atoms with Crippen molar-refractivity contribution in [2.24, 2.45) is 0 Å². The smallest absolute Gasteiger partial charge is 0.255 e. The molecule has 5 heteroatoms. The topological polar surface area (TPSA) is 57.8 Å². The van der Waals surface area contributed by atoms with Crippen molar-refractivity contribution in [3.8, 4) is 5.75 Å². The van der Waals surface area contributed by atoms with Crippen molar-refractivity contribution in [3.63, 3.8) is 0 Å². The van der Waals surface area contributed by atoms with E-state index in [4.69, 9.17) is 0 Å². The van der Waals surface area contributed by atoms with E-state index in [-0.39, 0.29) is 17.7 Å². The molecule has 1 unspecified atom stereocenters. The summed E-state index contributed by atoms with van der Waals surface area (Å²) in [7, 11) is 0. The summed E-state index contributed by atoms with van der Waals surface area (Å²) in [4.78, 5) is 19.2. The van der Waals surface area contributed by atoms with E-state index in [1.807, 2.05) is 46.7 Å². The van der Waals surface area contributed by atoms with Crippen LogP contribution in [0.5, 0.6) is 5.75 Å². The van der Waals surface area contributed by atoms with E-state index in [9.17, 15) is 9.90 Å². The Morgan fingerprint density at radius 1 is 1.21 bits per heavy atom. The minimum absolute atomic E-state index is 0.0422. The van der Waals surface area contributed by atoms with E-state index in [2.05, 4.69) is 4.98 Å². The fourth-order valence-corrected chi connectivity index (χ4v) is 3.46. The third-order valence-corrected chi connectivity index (χ3v) is 4.75. The van der Waals surface area contributed by atoms with Crippen molar-refractivity contribution >= 4 is 11.4 Å². The van der Waals surface area contributed by atoms with Gasteiger partial charge in [-0.3, -0.25) is 4.79 Å². The number of phenolic OH excluding ortho intramolecular Hbond substituents is 1. The molecule has 3 aromatic rings. The van der Waals surface area contributed by atoms with E-state index >= 15 is 0 Å². The molecule has 4 rings (SSSR count). The number of pyridine rings is 1. The van der Waals surface area contributed by atoms with Crippen LogP contribution >= 0.6 is 0 Å². The van der Waals surface area contributed by atoms with Crippen LogP contribution in [0.15, 0.2) is 48.8 Å². The molecule has 1 aliphatic rings. The highest BCUT2D eigenvalue weighted by Gasteiger charge is 2.30. The van der Waals surface area contributed by atoms with Gasteiger partial charge in [-0.2, -0.15) is 0 Å². The summed E-state index contributed by atoms with van der Waals surface area (Å²) in [5.41, 5.74) is 2.73. The number of amides is 1. The molecule has 1 aliphatic heterocycles. The standard InChI is InChI=1S/C19H19N3O2/c1-13-20-11-16-7-4-15(12-22(13)16)19(24)21-10-2-3-18(21)14-5-8-17(23)9-6-14/h4-9,11-12,18,23H,2-3,10H2,1H3. The number of likely N-dealkylation sites (tertiary alicyclic amines) is 1. The number of fused-ring (bicyclic) bond motifs is 1. The molecule has 122 valence electrons. The summed E-state index contributed by atoms with van der Waals surface area (Å²) in [6.07, 6.45) is 5.61. The first-order valence-corrected chi connectivity index (χ1v) is 8.17. The molecule has 0 saturated carbocycles. The number of aromatic hydroxyl groups is 1. The minimum atomic E-state index is 0.0422. The maximum Gasteiger partial charge on any atom is 0.255 e. The fraction of sp³-hybridized carbons (Fsp3) is 0.263. The molecule has 0 spiro atoms. The van der Waals surface area contributed by atoms with Crippen molar-refractivity contribution in [3.05, 3.63) is 65.7 Å². The highest BCUT2D eigenvalue weighted by molar-refractivity contribution is 5.94. The molecule has 0 radical (unpaired) electrons. The van der Waals surface area contributed by atoms with Crippen LogP contribution in [0.1, 0.15) is 40.6 Å². The van der Waals surface area contributed by atoms with Crippen LogP contribution in [-0.2, 0) is 0 Å². The SMILES string of the molecule is Cc1ncc2ccc(C(=O)N3CCCC3c3ccc(O)cc3)cn12. The summed E-state index contributed by atoms with van der Waals surface area (Å²) in [5.74, 6) is 1.16. The highest BCUT2D eigenvalue weighted by atomic mass is 16.3. The summed E-state index contributed by atoms with van der Waals surface area (Å²) in [6, 6.07) is 11.0. The van der Waals surface area contributed by atoms with Crippen LogP contribution in [0, 0.1) is 6.92 Å². The number of imidazole rings is 1. The quantitative estimate of drug-likeness (QED) is 0.787.